The first-order valence-electron chi connectivity index (χ1n) is 5.38. The van der Waals surface area contributed by atoms with E-state index in [2.05, 4.69) is 11.7 Å². The lowest BCUT2D eigenvalue weighted by atomic mass is 10.1. The highest BCUT2D eigenvalue weighted by atomic mass is 32.2. The van der Waals surface area contributed by atoms with Gasteiger partial charge in [0.15, 0.2) is 0 Å². The molecule has 0 spiro atoms. The van der Waals surface area contributed by atoms with Crippen LogP contribution in [0.25, 0.3) is 0 Å². The van der Waals surface area contributed by atoms with Crippen molar-refractivity contribution in [3.63, 3.8) is 0 Å². The van der Waals surface area contributed by atoms with Crippen LogP contribution < -0.4 is 10.5 Å². The highest BCUT2D eigenvalue weighted by molar-refractivity contribution is 7.99. The number of nitrogen functional groups attached to an aromatic ring is 1. The second-order valence-electron chi connectivity index (χ2n) is 3.26. The van der Waals surface area contributed by atoms with E-state index in [9.17, 15) is 4.79 Å². The molecule has 0 aromatic heterocycles. The zero-order valence-corrected chi connectivity index (χ0v) is 10.9. The highest BCUT2D eigenvalue weighted by Gasteiger charge is 2.16. The van der Waals surface area contributed by atoms with E-state index in [1.807, 2.05) is 0 Å². The van der Waals surface area contributed by atoms with E-state index in [0.29, 0.717) is 23.6 Å². The molecule has 94 valence electrons. The van der Waals surface area contributed by atoms with E-state index < -0.39 is 5.97 Å². The Balaban J connectivity index is 2.76. The largest absolute Gasteiger partial charge is 0.492 e. The average molecular weight is 255 g/mol. The molecule has 17 heavy (non-hydrogen) atoms. The lowest BCUT2D eigenvalue weighted by Gasteiger charge is -2.11. The quantitative estimate of drug-likeness (QED) is 0.479. The molecular weight excluding hydrogens is 238 g/mol. The van der Waals surface area contributed by atoms with Crippen molar-refractivity contribution in [3.05, 3.63) is 23.8 Å². The molecule has 5 heteroatoms. The Bertz CT molecular complexity index is 382. The van der Waals surface area contributed by atoms with Gasteiger partial charge in [-0.3, -0.25) is 0 Å². The van der Waals surface area contributed by atoms with Gasteiger partial charge in [0.05, 0.1) is 13.7 Å². The Morgan fingerprint density at radius 3 is 2.88 bits per heavy atom. The fourth-order valence-electron chi connectivity index (χ4n) is 1.34. The summed E-state index contributed by atoms with van der Waals surface area (Å²) in [7, 11) is 1.32. The molecule has 0 radical (unpaired) electrons. The van der Waals surface area contributed by atoms with E-state index in [0.717, 1.165) is 11.5 Å². The minimum atomic E-state index is -0.471. The van der Waals surface area contributed by atoms with Gasteiger partial charge < -0.3 is 15.2 Å². The fourth-order valence-corrected chi connectivity index (χ4v) is 1.83. The summed E-state index contributed by atoms with van der Waals surface area (Å²) < 4.78 is 10.2. The Morgan fingerprint density at radius 2 is 2.24 bits per heavy atom. The zero-order valence-electron chi connectivity index (χ0n) is 10.1. The number of benzene rings is 1. The number of ether oxygens (including phenoxy) is 2. The molecule has 1 aromatic carbocycles. The number of carbonyl (C=O) groups is 1. The summed E-state index contributed by atoms with van der Waals surface area (Å²) in [4.78, 5) is 11.6. The van der Waals surface area contributed by atoms with E-state index in [-0.39, 0.29) is 0 Å². The van der Waals surface area contributed by atoms with Crippen molar-refractivity contribution >= 4 is 23.4 Å². The van der Waals surface area contributed by atoms with Gasteiger partial charge in [-0.05, 0) is 17.9 Å². The van der Waals surface area contributed by atoms with Crippen LogP contribution in [-0.2, 0) is 4.74 Å². The maximum atomic E-state index is 11.6. The molecule has 0 aliphatic rings. The summed E-state index contributed by atoms with van der Waals surface area (Å²) in [6, 6.07) is 5.13. The van der Waals surface area contributed by atoms with Crippen LogP contribution in [0.1, 0.15) is 17.3 Å². The van der Waals surface area contributed by atoms with Gasteiger partial charge in [0.1, 0.15) is 11.3 Å². The van der Waals surface area contributed by atoms with Crippen LogP contribution in [0, 0.1) is 0 Å². The zero-order chi connectivity index (χ0) is 12.7. The van der Waals surface area contributed by atoms with Crippen LogP contribution in [0.4, 0.5) is 5.69 Å². The smallest absolute Gasteiger partial charge is 0.343 e. The minimum absolute atomic E-state index is 0.302. The van der Waals surface area contributed by atoms with Crippen LogP contribution in [0.15, 0.2) is 18.2 Å². The third-order valence-corrected chi connectivity index (χ3v) is 3.00. The third kappa shape index (κ3) is 3.85. The van der Waals surface area contributed by atoms with Gasteiger partial charge in [0, 0.05) is 11.4 Å². The molecule has 2 N–H and O–H groups in total. The van der Waals surface area contributed by atoms with Crippen molar-refractivity contribution in [1.29, 1.82) is 0 Å². The van der Waals surface area contributed by atoms with Crippen molar-refractivity contribution in [2.45, 2.75) is 6.92 Å². The monoisotopic (exact) mass is 255 g/mol. The molecule has 0 unspecified atom stereocenters. The van der Waals surface area contributed by atoms with E-state index >= 15 is 0 Å². The standard InChI is InChI=1S/C12H17NO3S/c1-3-17-8-7-16-10-6-4-5-9(13)11(10)12(14)15-2/h4-6H,3,7-8,13H2,1-2H3. The number of hydrogen-bond donors (Lipinski definition) is 1. The topological polar surface area (TPSA) is 61.5 Å². The maximum Gasteiger partial charge on any atom is 0.343 e. The number of esters is 1. The van der Waals surface area contributed by atoms with Crippen LogP contribution in [0.2, 0.25) is 0 Å². The first kappa shape index (κ1) is 13.7. The molecular formula is C12H17NO3S. The van der Waals surface area contributed by atoms with Crippen molar-refractivity contribution in [3.8, 4) is 5.75 Å². The molecule has 0 aliphatic carbocycles. The highest BCUT2D eigenvalue weighted by Crippen LogP contribution is 2.25. The number of methoxy groups -OCH3 is 1. The summed E-state index contributed by atoms with van der Waals surface area (Å²) >= 11 is 1.78. The molecule has 0 atom stereocenters. The second kappa shape index (κ2) is 7.06. The van der Waals surface area contributed by atoms with Crippen LogP contribution in [0.3, 0.4) is 0 Å². The van der Waals surface area contributed by atoms with Gasteiger partial charge in [0.25, 0.3) is 0 Å². The van der Waals surface area contributed by atoms with Crippen molar-refractivity contribution in [2.75, 3.05) is 31.0 Å². The van der Waals surface area contributed by atoms with Crippen molar-refractivity contribution < 1.29 is 14.3 Å². The Morgan fingerprint density at radius 1 is 1.47 bits per heavy atom. The maximum absolute atomic E-state index is 11.6. The van der Waals surface area contributed by atoms with Crippen LogP contribution in [0.5, 0.6) is 5.75 Å². The Hall–Kier alpha value is -1.36. The second-order valence-corrected chi connectivity index (χ2v) is 4.65. The molecule has 1 aromatic rings. The molecule has 0 saturated heterocycles. The summed E-state index contributed by atoms with van der Waals surface area (Å²) in [5.41, 5.74) is 6.42. The average Bonchev–Trinajstić information content (AvgIpc) is 2.34. The van der Waals surface area contributed by atoms with Gasteiger partial charge >= 0.3 is 5.97 Å². The first-order chi connectivity index (χ1) is 8.20. The van der Waals surface area contributed by atoms with Gasteiger partial charge in [-0.2, -0.15) is 11.8 Å². The molecule has 1 rings (SSSR count). The predicted octanol–water partition coefficient (Wildman–Crippen LogP) is 2.19. The van der Waals surface area contributed by atoms with Crippen molar-refractivity contribution in [1.82, 2.24) is 0 Å². The molecule has 0 bridgehead atoms. The number of thioether (sulfide) groups is 1. The van der Waals surface area contributed by atoms with Crippen LogP contribution >= 0.6 is 11.8 Å². The van der Waals surface area contributed by atoms with E-state index in [1.165, 1.54) is 7.11 Å². The van der Waals surface area contributed by atoms with Crippen molar-refractivity contribution in [2.24, 2.45) is 0 Å². The number of carbonyl (C=O) groups excluding carboxylic acids is 1. The number of anilines is 1. The number of hydrogen-bond acceptors (Lipinski definition) is 5. The normalized spacial score (nSPS) is 10.0. The lowest BCUT2D eigenvalue weighted by molar-refractivity contribution is 0.0597. The Kier molecular flexibility index (Phi) is 5.69. The van der Waals surface area contributed by atoms with Gasteiger partial charge in [-0.1, -0.05) is 13.0 Å². The summed E-state index contributed by atoms with van der Waals surface area (Å²) in [6.07, 6.45) is 0. The third-order valence-electron chi connectivity index (χ3n) is 2.14. The molecule has 0 saturated carbocycles. The minimum Gasteiger partial charge on any atom is -0.492 e. The summed E-state index contributed by atoms with van der Waals surface area (Å²) in [5.74, 6) is 1.94. The summed E-state index contributed by atoms with van der Waals surface area (Å²) in [6.45, 7) is 2.64. The lowest BCUT2D eigenvalue weighted by Crippen LogP contribution is -2.10. The van der Waals surface area contributed by atoms with E-state index in [4.69, 9.17) is 10.5 Å². The fraction of sp³-hybridized carbons (Fsp3) is 0.417. The predicted molar refractivity (Wildman–Crippen MR) is 70.7 cm³/mol. The Labute approximate surface area is 105 Å². The SMILES string of the molecule is CCSCCOc1cccc(N)c1C(=O)OC. The molecule has 0 fully saturated rings. The van der Waals surface area contributed by atoms with Gasteiger partial charge in [-0.25, -0.2) is 4.79 Å². The first-order valence-corrected chi connectivity index (χ1v) is 6.53. The number of nitrogens with two attached hydrogens (primary N) is 1. The molecule has 0 heterocycles. The van der Waals surface area contributed by atoms with Gasteiger partial charge in [0.2, 0.25) is 0 Å². The van der Waals surface area contributed by atoms with E-state index in [1.54, 1.807) is 30.0 Å². The summed E-state index contributed by atoms with van der Waals surface area (Å²) in [5, 5.41) is 0. The van der Waals surface area contributed by atoms with Gasteiger partial charge in [-0.15, -0.1) is 0 Å². The molecule has 0 aliphatic heterocycles. The molecule has 4 nitrogen and oxygen atoms in total. The van der Waals surface area contributed by atoms with Crippen LogP contribution in [-0.4, -0.2) is 31.2 Å². The molecule has 0 amide bonds. The number of rotatable bonds is 6.